The summed E-state index contributed by atoms with van der Waals surface area (Å²) in [7, 11) is -3.67. The number of aliphatic hydroxyl groups is 1. The summed E-state index contributed by atoms with van der Waals surface area (Å²) in [6.07, 6.45) is 7.42. The number of rotatable bonds is 8. The summed E-state index contributed by atoms with van der Waals surface area (Å²) in [4.78, 5) is 14.1. The number of nitrogens with zero attached hydrogens (tertiary/aromatic N) is 1. The van der Waals surface area contributed by atoms with Crippen LogP contribution in [0.25, 0.3) is 0 Å². The summed E-state index contributed by atoms with van der Waals surface area (Å²) in [5.41, 5.74) is 3.15. The van der Waals surface area contributed by atoms with Crippen LogP contribution in [0, 0.1) is 17.8 Å². The van der Waals surface area contributed by atoms with Crippen LogP contribution < -0.4 is 14.8 Å². The molecular weight excluding hydrogens is 564 g/mol. The second kappa shape index (κ2) is 11.6. The van der Waals surface area contributed by atoms with Gasteiger partial charge in [0.25, 0.3) is 0 Å². The van der Waals surface area contributed by atoms with E-state index in [9.17, 15) is 23.4 Å². The van der Waals surface area contributed by atoms with E-state index in [1.807, 2.05) is 12.1 Å². The number of hydrogen-bond acceptors (Lipinski definition) is 6. The van der Waals surface area contributed by atoms with Gasteiger partial charge in [0.05, 0.1) is 29.2 Å². The van der Waals surface area contributed by atoms with Crippen molar-refractivity contribution in [2.45, 2.75) is 62.7 Å². The van der Waals surface area contributed by atoms with Crippen molar-refractivity contribution >= 4 is 33.3 Å². The van der Waals surface area contributed by atoms with E-state index >= 15 is 0 Å². The maximum absolute atomic E-state index is 11.9. The molecule has 6 atom stereocenters. The van der Waals surface area contributed by atoms with Gasteiger partial charge in [-0.1, -0.05) is 36.7 Å². The first-order chi connectivity index (χ1) is 19.4. The Morgan fingerprint density at radius 3 is 2.68 bits per heavy atom. The van der Waals surface area contributed by atoms with E-state index in [1.165, 1.54) is 11.1 Å². The molecule has 1 aliphatic heterocycles. The molecular formula is C31H39ClN2O6S. The molecule has 41 heavy (non-hydrogen) atoms. The highest BCUT2D eigenvalue weighted by molar-refractivity contribution is 7.89. The lowest BCUT2D eigenvalue weighted by atomic mass is 9.68. The minimum atomic E-state index is -3.67. The zero-order chi connectivity index (χ0) is 29.5. The van der Waals surface area contributed by atoms with Crippen molar-refractivity contribution in [3.8, 4) is 5.75 Å². The van der Waals surface area contributed by atoms with Crippen molar-refractivity contribution in [3.63, 3.8) is 0 Å². The van der Waals surface area contributed by atoms with Crippen LogP contribution in [0.1, 0.15) is 61.0 Å². The predicted octanol–water partition coefficient (Wildman–Crippen LogP) is 4.77. The quantitative estimate of drug-likeness (QED) is 0.371. The van der Waals surface area contributed by atoms with Crippen molar-refractivity contribution in [3.05, 3.63) is 70.3 Å². The molecule has 2 aromatic carbocycles. The van der Waals surface area contributed by atoms with Crippen LogP contribution in [0.2, 0.25) is 5.02 Å². The van der Waals surface area contributed by atoms with Gasteiger partial charge in [0.1, 0.15) is 5.75 Å². The largest absolute Gasteiger partial charge is 0.490 e. The van der Waals surface area contributed by atoms with E-state index in [1.54, 1.807) is 44.2 Å². The third-order valence-corrected chi connectivity index (χ3v) is 11.2. The van der Waals surface area contributed by atoms with Crippen molar-refractivity contribution in [2.75, 3.05) is 24.6 Å². The van der Waals surface area contributed by atoms with E-state index in [0.29, 0.717) is 30.5 Å². The number of hydrogen-bond donors (Lipinski definition) is 3. The molecule has 0 unspecified atom stereocenters. The molecule has 1 saturated carbocycles. The summed E-state index contributed by atoms with van der Waals surface area (Å²) in [6, 6.07) is 11.1. The summed E-state index contributed by atoms with van der Waals surface area (Å²) in [5.74, 6) is -0.483. The second-order valence-electron chi connectivity index (χ2n) is 12.1. The smallest absolute Gasteiger partial charge is 0.335 e. The van der Waals surface area contributed by atoms with Crippen LogP contribution in [0.3, 0.4) is 0 Å². The van der Waals surface area contributed by atoms with Crippen LogP contribution in [-0.2, 0) is 21.9 Å². The third-order valence-electron chi connectivity index (χ3n) is 9.52. The number of aliphatic hydroxyl groups excluding tert-OH is 1. The fourth-order valence-electron chi connectivity index (χ4n) is 6.69. The number of aryl methyl sites for hydroxylation is 1. The molecule has 1 spiro atoms. The Kier molecular flexibility index (Phi) is 8.45. The number of anilines is 1. The number of carbonyl (C=O) groups is 1. The standard InChI is InChI=1S/C31H39ClN2O6S/c1-19(20(2)41(33,38)39)5-11-28(35)25-9-6-23(25)16-34-17-31(13-3-4-21-14-24(32)8-10-26(21)31)18-40-29-12-7-22(30(36)37)15-27(29)34/h5,7-8,10-12,14-15,19-20,23,25,28,35H,3-4,6,9,13,16-18H2,1-2H3,(H,36,37)(H2,33,38,39)/b11-5+/t19-,20-,23-,25+,28-,31-/m0/s1. The molecule has 0 aromatic heterocycles. The van der Waals surface area contributed by atoms with Crippen LogP contribution in [0.4, 0.5) is 5.69 Å². The molecule has 2 aliphatic carbocycles. The maximum atomic E-state index is 11.9. The zero-order valence-electron chi connectivity index (χ0n) is 23.5. The lowest BCUT2D eigenvalue weighted by Gasteiger charge is -2.45. The van der Waals surface area contributed by atoms with E-state index < -0.39 is 27.3 Å². The van der Waals surface area contributed by atoms with Gasteiger partial charge < -0.3 is 19.8 Å². The molecule has 0 amide bonds. The molecule has 2 aromatic rings. The van der Waals surface area contributed by atoms with Gasteiger partial charge in [0.2, 0.25) is 10.0 Å². The van der Waals surface area contributed by atoms with Gasteiger partial charge in [-0.15, -0.1) is 0 Å². The Morgan fingerprint density at radius 2 is 2.00 bits per heavy atom. The number of allylic oxidation sites excluding steroid dienone is 1. The van der Waals surface area contributed by atoms with Crippen molar-refractivity contribution < 1.29 is 28.2 Å². The number of sulfonamides is 1. The summed E-state index contributed by atoms with van der Waals surface area (Å²) in [5, 5.41) is 26.1. The number of aromatic carboxylic acids is 1. The SMILES string of the molecule is C[C@@H](/C=C/[C@H](O)[C@@H]1CC[C@H]1CN1C[C@@]2(CCCc3cc(Cl)ccc32)COc2ccc(C(=O)O)cc21)[C@H](C)S(N)(=O)=O. The van der Waals surface area contributed by atoms with Gasteiger partial charge in [-0.3, -0.25) is 0 Å². The van der Waals surface area contributed by atoms with Gasteiger partial charge in [-0.05, 0) is 98.2 Å². The molecule has 222 valence electrons. The van der Waals surface area contributed by atoms with Crippen LogP contribution in [-0.4, -0.2) is 55.7 Å². The van der Waals surface area contributed by atoms with Crippen molar-refractivity contribution in [2.24, 2.45) is 22.9 Å². The number of carboxylic acids is 1. The molecule has 4 N–H and O–H groups in total. The Hall–Kier alpha value is -2.59. The highest BCUT2D eigenvalue weighted by Gasteiger charge is 2.44. The molecule has 10 heteroatoms. The highest BCUT2D eigenvalue weighted by Crippen LogP contribution is 2.46. The molecule has 5 rings (SSSR count). The minimum Gasteiger partial charge on any atom is -0.490 e. The first-order valence-corrected chi connectivity index (χ1v) is 16.3. The topological polar surface area (TPSA) is 130 Å². The predicted molar refractivity (Wildman–Crippen MR) is 160 cm³/mol. The maximum Gasteiger partial charge on any atom is 0.335 e. The summed E-state index contributed by atoms with van der Waals surface area (Å²) < 4.78 is 29.9. The number of ether oxygens (including phenoxy) is 1. The number of fused-ring (bicyclic) bond motifs is 3. The molecule has 0 bridgehead atoms. The van der Waals surface area contributed by atoms with E-state index in [4.69, 9.17) is 21.5 Å². The average Bonchev–Trinajstić information content (AvgIpc) is 3.05. The highest BCUT2D eigenvalue weighted by atomic mass is 35.5. The lowest BCUT2D eigenvalue weighted by Crippen LogP contribution is -2.49. The zero-order valence-corrected chi connectivity index (χ0v) is 25.1. The molecule has 8 nitrogen and oxygen atoms in total. The fourth-order valence-corrected chi connectivity index (χ4v) is 7.57. The van der Waals surface area contributed by atoms with Gasteiger partial charge in [-0.25, -0.2) is 18.4 Å². The molecule has 1 heterocycles. The fraction of sp³-hybridized carbons (Fsp3) is 0.516. The molecule has 3 aliphatic rings. The van der Waals surface area contributed by atoms with E-state index in [0.717, 1.165) is 37.8 Å². The monoisotopic (exact) mass is 602 g/mol. The minimum absolute atomic E-state index is 0.00640. The van der Waals surface area contributed by atoms with Crippen molar-refractivity contribution in [1.29, 1.82) is 0 Å². The first-order valence-electron chi connectivity index (χ1n) is 14.3. The molecule has 0 saturated heterocycles. The molecule has 0 radical (unpaired) electrons. The number of benzene rings is 2. The lowest BCUT2D eigenvalue weighted by molar-refractivity contribution is 0.0454. The van der Waals surface area contributed by atoms with Gasteiger partial charge in [0.15, 0.2) is 0 Å². The van der Waals surface area contributed by atoms with Crippen LogP contribution >= 0.6 is 11.6 Å². The van der Waals surface area contributed by atoms with Gasteiger partial charge >= 0.3 is 5.97 Å². The van der Waals surface area contributed by atoms with Crippen LogP contribution in [0.5, 0.6) is 5.75 Å². The number of primary sulfonamides is 1. The average molecular weight is 603 g/mol. The number of carboxylic acid groups (broad SMARTS) is 1. The Morgan fingerprint density at radius 1 is 1.22 bits per heavy atom. The number of halogens is 1. The van der Waals surface area contributed by atoms with Gasteiger partial charge in [0, 0.05) is 23.5 Å². The Bertz CT molecular complexity index is 1450. The van der Waals surface area contributed by atoms with Gasteiger partial charge in [-0.2, -0.15) is 0 Å². The Balaban J connectivity index is 1.42. The van der Waals surface area contributed by atoms with E-state index in [2.05, 4.69) is 11.0 Å². The van der Waals surface area contributed by atoms with Crippen LogP contribution in [0.15, 0.2) is 48.6 Å². The van der Waals surface area contributed by atoms with Crippen molar-refractivity contribution in [1.82, 2.24) is 0 Å². The summed E-state index contributed by atoms with van der Waals surface area (Å²) >= 11 is 6.35. The second-order valence-corrected chi connectivity index (χ2v) is 14.5. The first kappa shape index (κ1) is 29.9. The third kappa shape index (κ3) is 6.14. The van der Waals surface area contributed by atoms with E-state index in [-0.39, 0.29) is 28.7 Å². The molecule has 1 fully saturated rings. The Labute approximate surface area is 247 Å². The normalized spacial score (nSPS) is 26.3. The number of nitrogens with two attached hydrogens (primary N) is 1. The summed E-state index contributed by atoms with van der Waals surface area (Å²) in [6.45, 7) is 5.13.